The van der Waals surface area contributed by atoms with E-state index in [-0.39, 0.29) is 28.1 Å². The number of ether oxygens (including phenoxy) is 1. The van der Waals surface area contributed by atoms with E-state index >= 15 is 0 Å². The summed E-state index contributed by atoms with van der Waals surface area (Å²) in [5, 5.41) is 13.4. The molecule has 0 saturated heterocycles. The van der Waals surface area contributed by atoms with Crippen LogP contribution >= 0.6 is 11.6 Å². The standard InChI is InChI=1S/C24H23ClF3NO3/c1-2-3-4-9-14-32-22-16-11-6-5-10-15(16)21(30)19(20(22)24(26,27)28)23(31)29-18-13-8-7-12-17(18)25/h5-8,10-13,30H,2-4,9,14H2,1H3,(H,29,31). The second-order valence-corrected chi connectivity index (χ2v) is 7.72. The maximum Gasteiger partial charge on any atom is 0.420 e. The lowest BCUT2D eigenvalue weighted by atomic mass is 9.96. The highest BCUT2D eigenvalue weighted by Crippen LogP contribution is 2.48. The van der Waals surface area contributed by atoms with Gasteiger partial charge in [0.2, 0.25) is 0 Å². The number of unbranched alkanes of at least 4 members (excludes halogenated alkanes) is 3. The number of alkyl halides is 3. The lowest BCUT2D eigenvalue weighted by molar-refractivity contribution is -0.139. The summed E-state index contributed by atoms with van der Waals surface area (Å²) >= 11 is 6.04. The van der Waals surface area contributed by atoms with Gasteiger partial charge in [0, 0.05) is 10.8 Å². The third kappa shape index (κ3) is 5.10. The number of benzene rings is 3. The van der Waals surface area contributed by atoms with Gasteiger partial charge < -0.3 is 15.2 Å². The summed E-state index contributed by atoms with van der Waals surface area (Å²) in [6.07, 6.45) is -1.65. The van der Waals surface area contributed by atoms with E-state index in [1.807, 2.05) is 6.92 Å². The Balaban J connectivity index is 2.15. The monoisotopic (exact) mass is 465 g/mol. The summed E-state index contributed by atoms with van der Waals surface area (Å²) in [5.41, 5.74) is -2.09. The second kappa shape index (κ2) is 10.1. The zero-order valence-corrected chi connectivity index (χ0v) is 18.2. The van der Waals surface area contributed by atoms with Crippen molar-refractivity contribution in [2.24, 2.45) is 0 Å². The molecule has 3 rings (SSSR count). The van der Waals surface area contributed by atoms with Crippen LogP contribution in [0.3, 0.4) is 0 Å². The molecule has 0 unspecified atom stereocenters. The molecule has 3 aromatic carbocycles. The first-order valence-electron chi connectivity index (χ1n) is 10.3. The van der Waals surface area contributed by atoms with E-state index in [9.17, 15) is 23.1 Å². The van der Waals surface area contributed by atoms with E-state index < -0.39 is 34.7 Å². The zero-order valence-electron chi connectivity index (χ0n) is 17.4. The predicted octanol–water partition coefficient (Wildman–Crippen LogP) is 7.43. The Morgan fingerprint density at radius 1 is 1.03 bits per heavy atom. The summed E-state index contributed by atoms with van der Waals surface area (Å²) in [4.78, 5) is 13.0. The molecule has 0 atom stereocenters. The topological polar surface area (TPSA) is 58.6 Å². The van der Waals surface area contributed by atoms with Crippen molar-refractivity contribution in [1.29, 1.82) is 0 Å². The van der Waals surface area contributed by atoms with E-state index in [1.54, 1.807) is 24.3 Å². The van der Waals surface area contributed by atoms with Crippen LogP contribution in [0.2, 0.25) is 5.02 Å². The molecule has 32 heavy (non-hydrogen) atoms. The average molecular weight is 466 g/mol. The smallest absolute Gasteiger partial charge is 0.420 e. The van der Waals surface area contributed by atoms with Crippen molar-refractivity contribution in [3.63, 3.8) is 0 Å². The maximum atomic E-state index is 14.2. The Labute approximate surface area is 189 Å². The molecule has 0 aliphatic carbocycles. The number of amides is 1. The number of phenols is 1. The summed E-state index contributed by atoms with van der Waals surface area (Å²) in [5.74, 6) is -2.37. The minimum absolute atomic E-state index is 0.0590. The Hall–Kier alpha value is -2.93. The molecular formula is C24H23ClF3NO3. The summed E-state index contributed by atoms with van der Waals surface area (Å²) in [6, 6.07) is 12.1. The van der Waals surface area contributed by atoms with Crippen LogP contribution in [-0.4, -0.2) is 17.6 Å². The number of phenolic OH excluding ortho intramolecular Hbond substituents is 1. The van der Waals surface area contributed by atoms with E-state index in [0.717, 1.165) is 19.3 Å². The lowest BCUT2D eigenvalue weighted by Gasteiger charge is -2.21. The number of rotatable bonds is 8. The molecule has 0 bridgehead atoms. The minimum Gasteiger partial charge on any atom is -0.506 e. The van der Waals surface area contributed by atoms with Crippen molar-refractivity contribution in [2.75, 3.05) is 11.9 Å². The van der Waals surface area contributed by atoms with Gasteiger partial charge in [-0.25, -0.2) is 0 Å². The summed E-state index contributed by atoms with van der Waals surface area (Å²) < 4.78 is 48.3. The Morgan fingerprint density at radius 2 is 1.69 bits per heavy atom. The third-order valence-corrected chi connectivity index (χ3v) is 5.35. The number of carbonyl (C=O) groups is 1. The number of para-hydroxylation sites is 1. The number of nitrogens with one attached hydrogen (secondary N) is 1. The van der Waals surface area contributed by atoms with Crippen LogP contribution in [0, 0.1) is 0 Å². The molecular weight excluding hydrogens is 443 g/mol. The highest BCUT2D eigenvalue weighted by molar-refractivity contribution is 6.34. The normalized spacial score (nSPS) is 11.5. The molecule has 0 aromatic heterocycles. The third-order valence-electron chi connectivity index (χ3n) is 5.02. The van der Waals surface area contributed by atoms with Crippen molar-refractivity contribution in [3.05, 3.63) is 64.7 Å². The highest BCUT2D eigenvalue weighted by atomic mass is 35.5. The lowest BCUT2D eigenvalue weighted by Crippen LogP contribution is -2.21. The van der Waals surface area contributed by atoms with Crippen LogP contribution in [0.15, 0.2) is 48.5 Å². The van der Waals surface area contributed by atoms with Crippen LogP contribution in [-0.2, 0) is 6.18 Å². The van der Waals surface area contributed by atoms with Crippen LogP contribution in [0.1, 0.15) is 48.5 Å². The summed E-state index contributed by atoms with van der Waals surface area (Å²) in [7, 11) is 0. The SMILES string of the molecule is CCCCCCOc1c(C(F)(F)F)c(C(=O)Nc2ccccc2Cl)c(O)c2ccccc12. The first kappa shape index (κ1) is 23.7. The quantitative estimate of drug-likeness (QED) is 0.340. The fourth-order valence-corrected chi connectivity index (χ4v) is 3.66. The van der Waals surface area contributed by atoms with Crippen LogP contribution in [0.25, 0.3) is 10.8 Å². The molecule has 0 spiro atoms. The number of hydrogen-bond donors (Lipinski definition) is 2. The second-order valence-electron chi connectivity index (χ2n) is 7.31. The molecule has 0 heterocycles. The van der Waals surface area contributed by atoms with Crippen molar-refractivity contribution < 1.29 is 27.8 Å². The van der Waals surface area contributed by atoms with Gasteiger partial charge in [0.15, 0.2) is 0 Å². The van der Waals surface area contributed by atoms with Gasteiger partial charge in [-0.3, -0.25) is 4.79 Å². The molecule has 0 saturated carbocycles. The molecule has 0 fully saturated rings. The number of hydrogen-bond acceptors (Lipinski definition) is 3. The molecule has 3 aromatic rings. The van der Waals surface area contributed by atoms with Crippen molar-refractivity contribution >= 4 is 34.0 Å². The van der Waals surface area contributed by atoms with Gasteiger partial charge in [-0.1, -0.05) is 74.2 Å². The van der Waals surface area contributed by atoms with Crippen LogP contribution in [0.5, 0.6) is 11.5 Å². The fourth-order valence-electron chi connectivity index (χ4n) is 3.48. The van der Waals surface area contributed by atoms with Gasteiger partial charge in [-0.2, -0.15) is 13.2 Å². The molecule has 170 valence electrons. The van der Waals surface area contributed by atoms with Gasteiger partial charge >= 0.3 is 6.18 Å². The maximum absolute atomic E-state index is 14.2. The molecule has 0 radical (unpaired) electrons. The van der Waals surface area contributed by atoms with E-state index in [0.29, 0.717) is 6.42 Å². The highest BCUT2D eigenvalue weighted by Gasteiger charge is 2.42. The first-order chi connectivity index (χ1) is 15.3. The largest absolute Gasteiger partial charge is 0.506 e. The average Bonchev–Trinajstić information content (AvgIpc) is 2.75. The first-order valence-corrected chi connectivity index (χ1v) is 10.7. The Morgan fingerprint density at radius 3 is 2.34 bits per heavy atom. The van der Waals surface area contributed by atoms with Crippen LogP contribution in [0.4, 0.5) is 18.9 Å². The number of carbonyl (C=O) groups excluding carboxylic acids is 1. The number of aromatic hydroxyl groups is 1. The minimum atomic E-state index is -4.95. The number of halogens is 4. The molecule has 1 amide bonds. The fraction of sp³-hybridized carbons (Fsp3) is 0.292. The van der Waals surface area contributed by atoms with Gasteiger partial charge in [-0.05, 0) is 18.6 Å². The predicted molar refractivity (Wildman–Crippen MR) is 120 cm³/mol. The van der Waals surface area contributed by atoms with Gasteiger partial charge in [0.1, 0.15) is 17.1 Å². The van der Waals surface area contributed by atoms with Crippen molar-refractivity contribution in [1.82, 2.24) is 0 Å². The molecule has 4 nitrogen and oxygen atoms in total. The Kier molecular flexibility index (Phi) is 7.51. The molecule has 0 aliphatic heterocycles. The Bertz CT molecular complexity index is 1120. The molecule has 2 N–H and O–H groups in total. The number of anilines is 1. The van der Waals surface area contributed by atoms with Crippen LogP contribution < -0.4 is 10.1 Å². The van der Waals surface area contributed by atoms with Crippen molar-refractivity contribution in [3.8, 4) is 11.5 Å². The van der Waals surface area contributed by atoms with Gasteiger partial charge in [0.25, 0.3) is 5.91 Å². The van der Waals surface area contributed by atoms with Gasteiger partial charge in [-0.15, -0.1) is 0 Å². The number of fused-ring (bicyclic) bond motifs is 1. The zero-order chi connectivity index (χ0) is 23.3. The van der Waals surface area contributed by atoms with E-state index in [1.165, 1.54) is 24.3 Å². The van der Waals surface area contributed by atoms with Gasteiger partial charge in [0.05, 0.1) is 22.9 Å². The molecule has 0 aliphatic rings. The molecule has 8 heteroatoms. The van der Waals surface area contributed by atoms with E-state index in [4.69, 9.17) is 16.3 Å². The van der Waals surface area contributed by atoms with E-state index in [2.05, 4.69) is 5.32 Å². The summed E-state index contributed by atoms with van der Waals surface area (Å²) in [6.45, 7) is 2.09. The van der Waals surface area contributed by atoms with Crippen molar-refractivity contribution in [2.45, 2.75) is 38.8 Å².